The lowest BCUT2D eigenvalue weighted by Gasteiger charge is -2.50. The van der Waals surface area contributed by atoms with Crippen molar-refractivity contribution in [3.63, 3.8) is 0 Å². The minimum absolute atomic E-state index is 0.000633. The summed E-state index contributed by atoms with van der Waals surface area (Å²) < 4.78 is 48.5. The zero-order valence-corrected chi connectivity index (χ0v) is 35.2. The highest BCUT2D eigenvalue weighted by molar-refractivity contribution is 5.72. The van der Waals surface area contributed by atoms with Gasteiger partial charge in [-0.15, -0.1) is 0 Å². The summed E-state index contributed by atoms with van der Waals surface area (Å²) in [5.74, 6) is -2.82. The Labute approximate surface area is 337 Å². The smallest absolute Gasteiger partial charge is 0.309 e. The number of carbonyl (C=O) groups is 4. The summed E-state index contributed by atoms with van der Waals surface area (Å²) in [4.78, 5) is 52.3. The van der Waals surface area contributed by atoms with E-state index in [0.717, 1.165) is 0 Å². The molecule has 0 bridgehead atoms. The maximum absolute atomic E-state index is 13.3. The van der Waals surface area contributed by atoms with Crippen molar-refractivity contribution in [2.75, 3.05) is 21.2 Å². The summed E-state index contributed by atoms with van der Waals surface area (Å²) >= 11 is 0. The van der Waals surface area contributed by atoms with Crippen LogP contribution in [-0.4, -0.2) is 151 Å². The Bertz CT molecular complexity index is 1350. The van der Waals surface area contributed by atoms with Crippen molar-refractivity contribution < 1.29 is 72.4 Å². The van der Waals surface area contributed by atoms with Crippen LogP contribution >= 0.6 is 0 Å². The molecule has 16 atom stereocenters. The fourth-order valence-electron chi connectivity index (χ4n) is 7.82. The number of cyclic esters (lactones) is 1. The molecular formula is C41H67NO15. The van der Waals surface area contributed by atoms with E-state index in [1.165, 1.54) is 7.11 Å². The van der Waals surface area contributed by atoms with Crippen molar-refractivity contribution in [2.45, 2.75) is 179 Å². The first kappa shape index (κ1) is 48.6. The van der Waals surface area contributed by atoms with Gasteiger partial charge < -0.3 is 62.9 Å². The van der Waals surface area contributed by atoms with Crippen LogP contribution in [0.5, 0.6) is 0 Å². The Hall–Kier alpha value is -2.80. The normalized spacial score (nSPS) is 41.1. The molecule has 16 heteroatoms. The van der Waals surface area contributed by atoms with Gasteiger partial charge in [0.25, 0.3) is 0 Å². The number of methoxy groups -OCH3 is 1. The van der Waals surface area contributed by atoms with Crippen LogP contribution in [0.2, 0.25) is 0 Å². The summed E-state index contributed by atoms with van der Waals surface area (Å²) in [5, 5.41) is 34.5. The standard InChI is InChI=1S/C41H67NO15/c1-11-30(45)54-29-21-32(47)51-24(4)16-14-13-15-17-28(44)23(3)20-27(18-19-43)37(38(29)50-10)57-40-35(48)34(42(8)9)36(25(5)53-40)56-33-22-41(7,49)39(26(6)52-33)55-31(46)12-2/h13-15,17,19,23-29,33-40,44,48-49H,11-12,16,18,20-22H2,1-10H3/b14-13-,17-15-/t23-,24-,25-,26+,27+,28-,29-,33+,34-,35-,36-,37+,38+,39+,40+,41-/m1/s1. The largest absolute Gasteiger partial charge is 0.462 e. The van der Waals surface area contributed by atoms with Crippen molar-refractivity contribution in [1.82, 2.24) is 4.90 Å². The van der Waals surface area contributed by atoms with Gasteiger partial charge in [0.2, 0.25) is 0 Å². The number of carbonyl (C=O) groups excluding carboxylic acids is 4. The molecule has 16 nitrogen and oxygen atoms in total. The number of ether oxygens (including phenoxy) is 8. The molecule has 2 fully saturated rings. The first-order valence-electron chi connectivity index (χ1n) is 20.1. The van der Waals surface area contributed by atoms with Crippen LogP contribution in [0.4, 0.5) is 0 Å². The molecule has 2 saturated heterocycles. The second-order valence-corrected chi connectivity index (χ2v) is 16.0. The molecule has 0 radical (unpaired) electrons. The van der Waals surface area contributed by atoms with Crippen LogP contribution in [0.1, 0.15) is 93.4 Å². The molecule has 3 aliphatic rings. The second-order valence-electron chi connectivity index (χ2n) is 16.0. The number of hydrogen-bond acceptors (Lipinski definition) is 16. The monoisotopic (exact) mass is 813 g/mol. The van der Waals surface area contributed by atoms with Gasteiger partial charge in [-0.05, 0) is 60.0 Å². The summed E-state index contributed by atoms with van der Waals surface area (Å²) in [5.41, 5.74) is -1.49. The molecule has 0 aromatic carbocycles. The topological polar surface area (TPSA) is 206 Å². The molecule has 3 aliphatic heterocycles. The van der Waals surface area contributed by atoms with E-state index in [9.17, 15) is 34.5 Å². The van der Waals surface area contributed by atoms with Gasteiger partial charge in [-0.25, -0.2) is 0 Å². The van der Waals surface area contributed by atoms with Gasteiger partial charge in [-0.1, -0.05) is 45.1 Å². The fourth-order valence-corrected chi connectivity index (χ4v) is 7.82. The summed E-state index contributed by atoms with van der Waals surface area (Å²) in [6, 6.07) is -0.779. The van der Waals surface area contributed by atoms with Crippen LogP contribution < -0.4 is 0 Å². The van der Waals surface area contributed by atoms with Crippen molar-refractivity contribution >= 4 is 24.2 Å². The third kappa shape index (κ3) is 13.6. The molecule has 0 amide bonds. The molecule has 3 N–H and O–H groups in total. The number of hydrogen-bond donors (Lipinski definition) is 3. The zero-order chi connectivity index (χ0) is 42.6. The van der Waals surface area contributed by atoms with Crippen LogP contribution in [0.15, 0.2) is 24.3 Å². The molecule has 3 heterocycles. The number of nitrogens with zero attached hydrogens (tertiary/aromatic N) is 1. The SMILES string of the molecule is CCC(=O)O[C@@H]1CC(=O)O[C@H](C)C/C=C\C=C/[C@@H](O)[C@H](C)C[C@H](CC=O)[C@H](O[C@@H]2O[C@H](C)[C@@H](O[C@H]3C[C@@](C)(O)[C@@H](OC(=O)CC)[C@H](C)O3)[C@H](N(C)C)[C@H]2O)[C@H]1OC. The summed E-state index contributed by atoms with van der Waals surface area (Å²) in [6.45, 7) is 11.8. The van der Waals surface area contributed by atoms with Crippen molar-refractivity contribution in [2.24, 2.45) is 11.8 Å². The Morgan fingerprint density at radius 2 is 1.63 bits per heavy atom. The van der Waals surface area contributed by atoms with E-state index in [1.54, 1.807) is 78.8 Å². The predicted molar refractivity (Wildman–Crippen MR) is 205 cm³/mol. The zero-order valence-electron chi connectivity index (χ0n) is 35.2. The van der Waals surface area contributed by atoms with Crippen molar-refractivity contribution in [3.05, 3.63) is 24.3 Å². The number of rotatable bonds is 12. The fraction of sp³-hybridized carbons (Fsp3) is 0.805. The Kier molecular flexibility index (Phi) is 19.2. The van der Waals surface area contributed by atoms with E-state index in [-0.39, 0.29) is 32.1 Å². The number of aliphatic hydroxyl groups excluding tert-OH is 2. The number of aldehydes is 1. The van der Waals surface area contributed by atoms with Crippen LogP contribution in [0, 0.1) is 11.8 Å². The van der Waals surface area contributed by atoms with E-state index in [2.05, 4.69) is 0 Å². The Balaban J connectivity index is 2.01. The van der Waals surface area contributed by atoms with Gasteiger partial charge in [0.15, 0.2) is 18.7 Å². The lowest BCUT2D eigenvalue weighted by atomic mass is 9.82. The molecule has 0 saturated carbocycles. The molecule has 3 rings (SSSR count). The third-order valence-electron chi connectivity index (χ3n) is 10.9. The Morgan fingerprint density at radius 3 is 2.23 bits per heavy atom. The van der Waals surface area contributed by atoms with E-state index >= 15 is 0 Å². The minimum Gasteiger partial charge on any atom is -0.462 e. The van der Waals surface area contributed by atoms with E-state index in [1.807, 2.05) is 13.0 Å². The summed E-state index contributed by atoms with van der Waals surface area (Å²) in [6.07, 6.45) is -4.08. The quantitative estimate of drug-likeness (QED) is 0.147. The van der Waals surface area contributed by atoms with Crippen LogP contribution in [-0.2, 0) is 57.1 Å². The second kappa shape index (κ2) is 22.5. The van der Waals surface area contributed by atoms with Crippen molar-refractivity contribution in [1.29, 1.82) is 0 Å². The van der Waals surface area contributed by atoms with E-state index < -0.39 is 121 Å². The molecule has 326 valence electrons. The third-order valence-corrected chi connectivity index (χ3v) is 10.9. The molecular weight excluding hydrogens is 746 g/mol. The first-order valence-corrected chi connectivity index (χ1v) is 20.1. The van der Waals surface area contributed by atoms with E-state index in [4.69, 9.17) is 37.9 Å². The van der Waals surface area contributed by atoms with Crippen LogP contribution in [0.25, 0.3) is 0 Å². The van der Waals surface area contributed by atoms with Gasteiger partial charge in [-0.3, -0.25) is 14.4 Å². The number of likely N-dealkylation sites (N-methyl/N-ethyl adjacent to an activating group) is 1. The number of aliphatic hydroxyl groups is 3. The molecule has 0 aliphatic carbocycles. The molecule has 0 unspecified atom stereocenters. The van der Waals surface area contributed by atoms with Gasteiger partial charge >= 0.3 is 17.9 Å². The average Bonchev–Trinajstić information content (AvgIpc) is 3.13. The molecule has 57 heavy (non-hydrogen) atoms. The van der Waals surface area contributed by atoms with Gasteiger partial charge in [0.1, 0.15) is 42.4 Å². The average molecular weight is 814 g/mol. The number of esters is 3. The molecule has 0 aromatic heterocycles. The van der Waals surface area contributed by atoms with Gasteiger partial charge in [0.05, 0.1) is 36.9 Å². The van der Waals surface area contributed by atoms with Gasteiger partial charge in [0, 0.05) is 39.2 Å². The highest BCUT2D eigenvalue weighted by atomic mass is 16.7. The lowest BCUT2D eigenvalue weighted by molar-refractivity contribution is -0.344. The van der Waals surface area contributed by atoms with Crippen molar-refractivity contribution in [3.8, 4) is 0 Å². The van der Waals surface area contributed by atoms with Gasteiger partial charge in [-0.2, -0.15) is 0 Å². The van der Waals surface area contributed by atoms with Crippen LogP contribution in [0.3, 0.4) is 0 Å². The molecule has 0 aromatic rings. The Morgan fingerprint density at radius 1 is 0.965 bits per heavy atom. The van der Waals surface area contributed by atoms with E-state index in [0.29, 0.717) is 12.7 Å². The summed E-state index contributed by atoms with van der Waals surface area (Å²) in [7, 11) is 4.86. The minimum atomic E-state index is -1.49. The highest BCUT2D eigenvalue weighted by Crippen LogP contribution is 2.37. The maximum Gasteiger partial charge on any atom is 0.309 e. The maximum atomic E-state index is 13.3. The predicted octanol–water partition coefficient (Wildman–Crippen LogP) is 2.77. The highest BCUT2D eigenvalue weighted by Gasteiger charge is 2.53. The lowest BCUT2D eigenvalue weighted by Crippen LogP contribution is -2.66. The first-order chi connectivity index (χ1) is 26.9. The molecule has 0 spiro atoms. The number of allylic oxidation sites excluding steroid dienone is 2.